The van der Waals surface area contributed by atoms with Crippen LogP contribution in [-0.2, 0) is 11.3 Å². The zero-order chi connectivity index (χ0) is 15.4. The molecule has 1 N–H and O–H groups in total. The summed E-state index contributed by atoms with van der Waals surface area (Å²) < 4.78 is 2.00. The molecule has 0 spiro atoms. The number of anilines is 1. The first kappa shape index (κ1) is 16.1. The van der Waals surface area contributed by atoms with Gasteiger partial charge in [0.1, 0.15) is 0 Å². The van der Waals surface area contributed by atoms with E-state index in [4.69, 9.17) is 5.11 Å². The first-order chi connectivity index (χ1) is 10.0. The summed E-state index contributed by atoms with van der Waals surface area (Å²) in [5.74, 6) is 0.0440. The SMILES string of the molecule is CCn1c(SCC(=O)O)nnc1N1CCC(N(C)C)CC1. The lowest BCUT2D eigenvalue weighted by atomic mass is 10.0. The Kier molecular flexibility index (Phi) is 5.46. The van der Waals surface area contributed by atoms with Crippen molar-refractivity contribution in [2.75, 3.05) is 37.8 Å². The number of piperidine rings is 1. The number of carboxylic acids is 1. The van der Waals surface area contributed by atoms with Crippen LogP contribution in [0.2, 0.25) is 0 Å². The molecular formula is C13H23N5O2S. The predicted octanol–water partition coefficient (Wildman–Crippen LogP) is 1.01. The molecule has 0 aliphatic carbocycles. The van der Waals surface area contributed by atoms with Crippen LogP contribution in [0.1, 0.15) is 19.8 Å². The Morgan fingerprint density at radius 2 is 2.05 bits per heavy atom. The van der Waals surface area contributed by atoms with Crippen molar-refractivity contribution in [1.29, 1.82) is 0 Å². The van der Waals surface area contributed by atoms with Gasteiger partial charge in [0.25, 0.3) is 0 Å². The quantitative estimate of drug-likeness (QED) is 0.785. The third-order valence-corrected chi connectivity index (χ3v) is 4.77. The molecule has 0 unspecified atom stereocenters. The fraction of sp³-hybridized carbons (Fsp3) is 0.769. The fourth-order valence-electron chi connectivity index (χ4n) is 2.61. The number of thioether (sulfide) groups is 1. The molecule has 0 bridgehead atoms. The Bertz CT molecular complexity index is 483. The maximum atomic E-state index is 10.7. The van der Waals surface area contributed by atoms with Gasteiger partial charge in [0.2, 0.25) is 5.95 Å². The first-order valence-electron chi connectivity index (χ1n) is 7.22. The highest BCUT2D eigenvalue weighted by Crippen LogP contribution is 2.25. The van der Waals surface area contributed by atoms with Gasteiger partial charge in [-0.1, -0.05) is 11.8 Å². The Labute approximate surface area is 129 Å². The second-order valence-corrected chi connectivity index (χ2v) is 6.33. The number of aromatic nitrogens is 3. The van der Waals surface area contributed by atoms with Crippen LogP contribution in [0.3, 0.4) is 0 Å². The Morgan fingerprint density at radius 1 is 1.38 bits per heavy atom. The average Bonchev–Trinajstić information content (AvgIpc) is 2.88. The van der Waals surface area contributed by atoms with Gasteiger partial charge in [-0.3, -0.25) is 9.36 Å². The van der Waals surface area contributed by atoms with Crippen LogP contribution in [0.5, 0.6) is 0 Å². The van der Waals surface area contributed by atoms with Crippen LogP contribution in [-0.4, -0.2) is 69.7 Å². The molecule has 2 heterocycles. The Morgan fingerprint density at radius 3 is 2.57 bits per heavy atom. The molecule has 0 saturated carbocycles. The average molecular weight is 313 g/mol. The summed E-state index contributed by atoms with van der Waals surface area (Å²) in [5, 5.41) is 17.9. The highest BCUT2D eigenvalue weighted by atomic mass is 32.2. The third-order valence-electron chi connectivity index (χ3n) is 3.82. The summed E-state index contributed by atoms with van der Waals surface area (Å²) in [7, 11) is 4.24. The van der Waals surface area contributed by atoms with E-state index in [2.05, 4.69) is 34.1 Å². The van der Waals surface area contributed by atoms with Crippen molar-refractivity contribution in [3.05, 3.63) is 0 Å². The fourth-order valence-corrected chi connectivity index (χ4v) is 3.32. The third kappa shape index (κ3) is 3.88. The number of aliphatic carboxylic acids is 1. The van der Waals surface area contributed by atoms with Crippen LogP contribution in [0.4, 0.5) is 5.95 Å². The summed E-state index contributed by atoms with van der Waals surface area (Å²) in [4.78, 5) is 15.2. The van der Waals surface area contributed by atoms with Gasteiger partial charge in [-0.25, -0.2) is 0 Å². The minimum atomic E-state index is -0.834. The monoisotopic (exact) mass is 313 g/mol. The Balaban J connectivity index is 2.05. The van der Waals surface area contributed by atoms with E-state index in [9.17, 15) is 4.79 Å². The molecule has 7 nitrogen and oxygen atoms in total. The molecular weight excluding hydrogens is 290 g/mol. The van der Waals surface area contributed by atoms with E-state index in [0.29, 0.717) is 11.2 Å². The van der Waals surface area contributed by atoms with Crippen LogP contribution >= 0.6 is 11.8 Å². The minimum absolute atomic E-state index is 0.0147. The van der Waals surface area contributed by atoms with Gasteiger partial charge in [-0.15, -0.1) is 10.2 Å². The normalized spacial score (nSPS) is 16.7. The maximum absolute atomic E-state index is 10.7. The van der Waals surface area contributed by atoms with E-state index in [-0.39, 0.29) is 5.75 Å². The van der Waals surface area contributed by atoms with Crippen molar-refractivity contribution in [2.45, 2.75) is 37.5 Å². The molecule has 118 valence electrons. The van der Waals surface area contributed by atoms with E-state index < -0.39 is 5.97 Å². The zero-order valence-electron chi connectivity index (χ0n) is 12.8. The van der Waals surface area contributed by atoms with Gasteiger partial charge in [-0.2, -0.15) is 0 Å². The number of hydrogen-bond donors (Lipinski definition) is 1. The summed E-state index contributed by atoms with van der Waals surface area (Å²) in [6.45, 7) is 4.71. The second kappa shape index (κ2) is 7.13. The van der Waals surface area contributed by atoms with Gasteiger partial charge >= 0.3 is 5.97 Å². The lowest BCUT2D eigenvalue weighted by Crippen LogP contribution is -2.42. The molecule has 1 saturated heterocycles. The highest BCUT2D eigenvalue weighted by Gasteiger charge is 2.24. The van der Waals surface area contributed by atoms with Crippen molar-refractivity contribution in [3.63, 3.8) is 0 Å². The summed E-state index contributed by atoms with van der Waals surface area (Å²) in [6.07, 6.45) is 2.22. The number of nitrogens with zero attached hydrogens (tertiary/aromatic N) is 5. The topological polar surface area (TPSA) is 74.5 Å². The second-order valence-electron chi connectivity index (χ2n) is 5.39. The standard InChI is InChI=1S/C13H23N5O2S/c1-4-18-12(14-15-13(18)21-9-11(19)20)17-7-5-10(6-8-17)16(2)3/h10H,4-9H2,1-3H3,(H,19,20). The molecule has 21 heavy (non-hydrogen) atoms. The maximum Gasteiger partial charge on any atom is 0.313 e. The number of carbonyl (C=O) groups is 1. The molecule has 1 aromatic rings. The zero-order valence-corrected chi connectivity index (χ0v) is 13.6. The first-order valence-corrected chi connectivity index (χ1v) is 8.20. The van der Waals surface area contributed by atoms with E-state index in [0.717, 1.165) is 38.4 Å². The van der Waals surface area contributed by atoms with Crippen LogP contribution < -0.4 is 4.90 Å². The summed E-state index contributed by atoms with van der Waals surface area (Å²) in [6, 6.07) is 0.625. The smallest absolute Gasteiger partial charge is 0.313 e. The largest absolute Gasteiger partial charge is 0.481 e. The molecule has 0 radical (unpaired) electrons. The molecule has 0 aromatic carbocycles. The van der Waals surface area contributed by atoms with E-state index in [1.165, 1.54) is 11.8 Å². The summed E-state index contributed by atoms with van der Waals surface area (Å²) >= 11 is 1.22. The van der Waals surface area contributed by atoms with E-state index in [1.54, 1.807) is 0 Å². The van der Waals surface area contributed by atoms with E-state index >= 15 is 0 Å². The van der Waals surface area contributed by atoms with Gasteiger partial charge in [0, 0.05) is 25.7 Å². The molecule has 0 amide bonds. The number of carboxylic acid groups (broad SMARTS) is 1. The van der Waals surface area contributed by atoms with Crippen LogP contribution in [0, 0.1) is 0 Å². The predicted molar refractivity (Wildman–Crippen MR) is 83.0 cm³/mol. The molecule has 8 heteroatoms. The highest BCUT2D eigenvalue weighted by molar-refractivity contribution is 7.99. The molecule has 1 aliphatic heterocycles. The number of rotatable bonds is 6. The molecule has 1 aliphatic rings. The van der Waals surface area contributed by atoms with Gasteiger partial charge in [0.15, 0.2) is 5.16 Å². The Hall–Kier alpha value is -1.28. The molecule has 1 fully saturated rings. The van der Waals surface area contributed by atoms with Crippen LogP contribution in [0.15, 0.2) is 5.16 Å². The van der Waals surface area contributed by atoms with Crippen molar-refractivity contribution in [2.24, 2.45) is 0 Å². The van der Waals surface area contributed by atoms with Gasteiger partial charge in [0.05, 0.1) is 5.75 Å². The van der Waals surface area contributed by atoms with Crippen molar-refractivity contribution >= 4 is 23.7 Å². The van der Waals surface area contributed by atoms with Crippen molar-refractivity contribution < 1.29 is 9.90 Å². The lowest BCUT2D eigenvalue weighted by Gasteiger charge is -2.35. The van der Waals surface area contributed by atoms with Crippen LogP contribution in [0.25, 0.3) is 0 Å². The van der Waals surface area contributed by atoms with Gasteiger partial charge in [-0.05, 0) is 33.9 Å². The molecule has 0 atom stereocenters. The van der Waals surface area contributed by atoms with Gasteiger partial charge < -0.3 is 14.9 Å². The van der Waals surface area contributed by atoms with Crippen molar-refractivity contribution in [1.82, 2.24) is 19.7 Å². The summed E-state index contributed by atoms with van der Waals surface area (Å²) in [5.41, 5.74) is 0. The molecule has 1 aromatic heterocycles. The van der Waals surface area contributed by atoms with Crippen molar-refractivity contribution in [3.8, 4) is 0 Å². The minimum Gasteiger partial charge on any atom is -0.481 e. The number of hydrogen-bond acceptors (Lipinski definition) is 6. The van der Waals surface area contributed by atoms with E-state index in [1.807, 2.05) is 11.5 Å². The lowest BCUT2D eigenvalue weighted by molar-refractivity contribution is -0.133. The molecule has 2 rings (SSSR count).